The number of para-hydroxylation sites is 1. The molecule has 5 heteroatoms. The molecule has 0 amide bonds. The molecule has 0 bridgehead atoms. The Bertz CT molecular complexity index is 367. The first-order valence-corrected chi connectivity index (χ1v) is 5.40. The van der Waals surface area contributed by atoms with Crippen molar-refractivity contribution in [3.8, 4) is 5.75 Å². The summed E-state index contributed by atoms with van der Waals surface area (Å²) in [6, 6.07) is 6.54. The van der Waals surface area contributed by atoms with Gasteiger partial charge >= 0.3 is 5.97 Å². The lowest BCUT2D eigenvalue weighted by Crippen LogP contribution is -2.39. The number of aliphatic carboxylic acids is 1. The zero-order valence-corrected chi connectivity index (χ0v) is 9.72. The number of carboxylic acids is 1. The summed E-state index contributed by atoms with van der Waals surface area (Å²) >= 11 is 0. The van der Waals surface area contributed by atoms with Crippen LogP contribution in [0.2, 0.25) is 0 Å². The van der Waals surface area contributed by atoms with Crippen LogP contribution >= 0.6 is 0 Å². The van der Waals surface area contributed by atoms with Gasteiger partial charge in [0, 0.05) is 6.61 Å². The van der Waals surface area contributed by atoms with E-state index >= 15 is 0 Å². The number of carbonyl (C=O) groups is 1. The number of likely N-dealkylation sites (N-methyl/N-ethyl adjacent to an activating group) is 1. The van der Waals surface area contributed by atoms with Crippen LogP contribution in [0.1, 0.15) is 5.56 Å². The number of rotatable bonds is 7. The van der Waals surface area contributed by atoms with Crippen molar-refractivity contribution in [2.75, 3.05) is 20.3 Å². The van der Waals surface area contributed by atoms with Crippen LogP contribution in [0.15, 0.2) is 24.3 Å². The van der Waals surface area contributed by atoms with E-state index in [-0.39, 0.29) is 13.2 Å². The van der Waals surface area contributed by atoms with Crippen LogP contribution in [0.25, 0.3) is 0 Å². The highest BCUT2D eigenvalue weighted by Crippen LogP contribution is 2.18. The maximum Gasteiger partial charge on any atom is 0.324 e. The first kappa shape index (κ1) is 13.5. The Balaban J connectivity index is 2.64. The van der Waals surface area contributed by atoms with Gasteiger partial charge in [0.1, 0.15) is 18.4 Å². The number of ether oxygens (including phenoxy) is 1. The Morgan fingerprint density at radius 3 is 2.76 bits per heavy atom. The molecule has 0 aromatic heterocycles. The molecule has 1 atom stereocenters. The van der Waals surface area contributed by atoms with E-state index in [1.807, 2.05) is 18.2 Å². The standard InChI is InChI=1S/C12H17NO4/c1-13-10(12(15)16)8-17-11-5-3-2-4-9(11)6-7-14/h2-5,10,13-14H,6-8H2,1H3,(H,15,16). The quantitative estimate of drug-likeness (QED) is 0.636. The van der Waals surface area contributed by atoms with Gasteiger partial charge in [0.05, 0.1) is 0 Å². The molecular weight excluding hydrogens is 222 g/mol. The van der Waals surface area contributed by atoms with Crippen molar-refractivity contribution in [1.82, 2.24) is 5.32 Å². The van der Waals surface area contributed by atoms with Crippen LogP contribution in [-0.4, -0.2) is 42.5 Å². The maximum atomic E-state index is 10.8. The molecule has 0 saturated heterocycles. The van der Waals surface area contributed by atoms with Crippen molar-refractivity contribution >= 4 is 5.97 Å². The Labute approximate surface area is 100 Å². The highest BCUT2D eigenvalue weighted by molar-refractivity contribution is 5.73. The number of nitrogens with one attached hydrogen (secondary N) is 1. The van der Waals surface area contributed by atoms with E-state index in [0.29, 0.717) is 12.2 Å². The fourth-order valence-electron chi connectivity index (χ4n) is 1.42. The summed E-state index contributed by atoms with van der Waals surface area (Å²) in [7, 11) is 1.57. The van der Waals surface area contributed by atoms with Crippen LogP contribution < -0.4 is 10.1 Å². The number of aliphatic hydroxyl groups is 1. The smallest absolute Gasteiger partial charge is 0.324 e. The highest BCUT2D eigenvalue weighted by atomic mass is 16.5. The van der Waals surface area contributed by atoms with E-state index in [1.165, 1.54) is 0 Å². The summed E-state index contributed by atoms with van der Waals surface area (Å²) in [4.78, 5) is 10.8. The lowest BCUT2D eigenvalue weighted by Gasteiger charge is -2.15. The minimum absolute atomic E-state index is 0.0365. The van der Waals surface area contributed by atoms with Gasteiger partial charge in [-0.05, 0) is 25.1 Å². The van der Waals surface area contributed by atoms with Gasteiger partial charge in [0.2, 0.25) is 0 Å². The molecule has 0 heterocycles. The molecule has 0 aliphatic carbocycles. The second kappa shape index (κ2) is 6.88. The van der Waals surface area contributed by atoms with Crippen LogP contribution in [0.3, 0.4) is 0 Å². The predicted molar refractivity (Wildman–Crippen MR) is 63.2 cm³/mol. The Hall–Kier alpha value is -1.59. The summed E-state index contributed by atoms with van der Waals surface area (Å²) in [6.07, 6.45) is 0.494. The molecule has 17 heavy (non-hydrogen) atoms. The Morgan fingerprint density at radius 2 is 2.18 bits per heavy atom. The summed E-state index contributed by atoms with van der Waals surface area (Å²) in [6.45, 7) is 0.0863. The van der Waals surface area contributed by atoms with Crippen molar-refractivity contribution in [1.29, 1.82) is 0 Å². The van der Waals surface area contributed by atoms with E-state index in [1.54, 1.807) is 13.1 Å². The molecule has 0 saturated carbocycles. The van der Waals surface area contributed by atoms with E-state index in [4.69, 9.17) is 14.9 Å². The predicted octanol–water partition coefficient (Wildman–Crippen LogP) is 0.273. The topological polar surface area (TPSA) is 78.8 Å². The second-order valence-electron chi connectivity index (χ2n) is 3.57. The van der Waals surface area contributed by atoms with Gasteiger partial charge in [-0.15, -0.1) is 0 Å². The van der Waals surface area contributed by atoms with Gasteiger partial charge in [0.15, 0.2) is 0 Å². The molecule has 0 radical (unpaired) electrons. The second-order valence-corrected chi connectivity index (χ2v) is 3.57. The first-order chi connectivity index (χ1) is 8.19. The fraction of sp³-hybridized carbons (Fsp3) is 0.417. The zero-order valence-electron chi connectivity index (χ0n) is 9.72. The van der Waals surface area contributed by atoms with Gasteiger partial charge in [-0.1, -0.05) is 18.2 Å². The van der Waals surface area contributed by atoms with Crippen molar-refractivity contribution in [2.24, 2.45) is 0 Å². The van der Waals surface area contributed by atoms with Crippen molar-refractivity contribution in [3.05, 3.63) is 29.8 Å². The number of hydrogen-bond acceptors (Lipinski definition) is 4. The minimum Gasteiger partial charge on any atom is -0.491 e. The normalized spacial score (nSPS) is 12.1. The van der Waals surface area contributed by atoms with Crippen LogP contribution in [0, 0.1) is 0 Å². The first-order valence-electron chi connectivity index (χ1n) is 5.40. The van der Waals surface area contributed by atoms with E-state index < -0.39 is 12.0 Å². The molecule has 94 valence electrons. The van der Waals surface area contributed by atoms with E-state index in [0.717, 1.165) is 5.56 Å². The number of hydrogen-bond donors (Lipinski definition) is 3. The lowest BCUT2D eigenvalue weighted by molar-refractivity contribution is -0.140. The summed E-state index contributed by atoms with van der Waals surface area (Å²) in [5.74, 6) is -0.338. The van der Waals surface area contributed by atoms with Crippen LogP contribution in [0.4, 0.5) is 0 Å². The molecule has 1 aromatic rings. The summed E-state index contributed by atoms with van der Waals surface area (Å²) in [5.41, 5.74) is 0.871. The van der Waals surface area contributed by atoms with Crippen molar-refractivity contribution in [2.45, 2.75) is 12.5 Å². The summed E-state index contributed by atoms with van der Waals surface area (Å²) < 4.78 is 5.45. The Morgan fingerprint density at radius 1 is 1.47 bits per heavy atom. The van der Waals surface area contributed by atoms with Crippen molar-refractivity contribution in [3.63, 3.8) is 0 Å². The zero-order chi connectivity index (χ0) is 12.7. The molecule has 0 fully saturated rings. The number of carboxylic acid groups (broad SMARTS) is 1. The molecule has 1 aromatic carbocycles. The average Bonchev–Trinajstić information content (AvgIpc) is 2.32. The highest BCUT2D eigenvalue weighted by Gasteiger charge is 2.16. The third-order valence-electron chi connectivity index (χ3n) is 2.41. The van der Waals surface area contributed by atoms with E-state index in [2.05, 4.69) is 5.32 Å². The minimum atomic E-state index is -0.952. The Kier molecular flexibility index (Phi) is 5.45. The number of aliphatic hydroxyl groups excluding tert-OH is 1. The molecule has 1 rings (SSSR count). The van der Waals surface area contributed by atoms with Crippen molar-refractivity contribution < 1.29 is 19.7 Å². The van der Waals surface area contributed by atoms with Gasteiger partial charge in [-0.2, -0.15) is 0 Å². The molecule has 0 aliphatic heterocycles. The molecule has 0 spiro atoms. The number of benzene rings is 1. The molecule has 5 nitrogen and oxygen atoms in total. The fourth-order valence-corrected chi connectivity index (χ4v) is 1.42. The van der Waals surface area contributed by atoms with Crippen LogP contribution in [-0.2, 0) is 11.2 Å². The largest absolute Gasteiger partial charge is 0.491 e. The van der Waals surface area contributed by atoms with Gasteiger partial charge < -0.3 is 20.3 Å². The van der Waals surface area contributed by atoms with Gasteiger partial charge in [0.25, 0.3) is 0 Å². The van der Waals surface area contributed by atoms with Crippen LogP contribution in [0.5, 0.6) is 5.75 Å². The molecular formula is C12H17NO4. The monoisotopic (exact) mass is 239 g/mol. The molecule has 0 aliphatic rings. The molecule has 1 unspecified atom stereocenters. The average molecular weight is 239 g/mol. The van der Waals surface area contributed by atoms with E-state index in [9.17, 15) is 4.79 Å². The lowest BCUT2D eigenvalue weighted by atomic mass is 10.1. The maximum absolute atomic E-state index is 10.8. The van der Waals surface area contributed by atoms with Gasteiger partial charge in [-0.3, -0.25) is 4.79 Å². The summed E-state index contributed by atoms with van der Waals surface area (Å²) in [5, 5.41) is 20.4. The third-order valence-corrected chi connectivity index (χ3v) is 2.41. The SMILES string of the molecule is CNC(COc1ccccc1CCO)C(=O)O. The van der Waals surface area contributed by atoms with Gasteiger partial charge in [-0.25, -0.2) is 0 Å². The third kappa shape index (κ3) is 4.05. The molecule has 3 N–H and O–H groups in total.